The third-order valence-corrected chi connectivity index (χ3v) is 5.35. The van der Waals surface area contributed by atoms with E-state index < -0.39 is 5.91 Å². The summed E-state index contributed by atoms with van der Waals surface area (Å²) in [4.78, 5) is 12.3. The van der Waals surface area contributed by atoms with Crippen molar-refractivity contribution in [1.82, 2.24) is 5.32 Å². The molecular formula is C22H22BrN3O. The van der Waals surface area contributed by atoms with Crippen LogP contribution in [0.1, 0.15) is 42.5 Å². The molecule has 0 saturated heterocycles. The van der Waals surface area contributed by atoms with Crippen LogP contribution in [0.3, 0.4) is 0 Å². The third kappa shape index (κ3) is 4.99. The molecule has 2 aromatic carbocycles. The van der Waals surface area contributed by atoms with Crippen molar-refractivity contribution in [3.63, 3.8) is 0 Å². The summed E-state index contributed by atoms with van der Waals surface area (Å²) < 4.78 is 0.928. The number of carbonyl (C=O) groups is 1. The lowest BCUT2D eigenvalue weighted by atomic mass is 9.89. The van der Waals surface area contributed by atoms with E-state index in [0.29, 0.717) is 5.69 Å². The van der Waals surface area contributed by atoms with Crippen LogP contribution in [0.2, 0.25) is 0 Å². The first-order valence-corrected chi connectivity index (χ1v) is 9.91. The lowest BCUT2D eigenvalue weighted by Crippen LogP contribution is -2.19. The zero-order chi connectivity index (χ0) is 19.2. The Morgan fingerprint density at radius 2 is 1.85 bits per heavy atom. The fourth-order valence-electron chi connectivity index (χ4n) is 3.21. The highest BCUT2D eigenvalue weighted by molar-refractivity contribution is 9.10. The molecule has 5 heteroatoms. The Morgan fingerprint density at radius 3 is 2.56 bits per heavy atom. The summed E-state index contributed by atoms with van der Waals surface area (Å²) in [6, 6.07) is 15.8. The van der Waals surface area contributed by atoms with E-state index in [4.69, 9.17) is 0 Å². The van der Waals surface area contributed by atoms with Gasteiger partial charge in [0.1, 0.15) is 11.6 Å². The minimum absolute atomic E-state index is 0.0149. The zero-order valence-corrected chi connectivity index (χ0v) is 16.8. The predicted octanol–water partition coefficient (Wildman–Crippen LogP) is 5.02. The van der Waals surface area contributed by atoms with Gasteiger partial charge in [0.05, 0.1) is 0 Å². The van der Waals surface area contributed by atoms with Crippen LogP contribution in [0, 0.1) is 11.3 Å². The summed E-state index contributed by atoms with van der Waals surface area (Å²) in [7, 11) is 0. The average molecular weight is 424 g/mol. The van der Waals surface area contributed by atoms with E-state index in [9.17, 15) is 10.1 Å². The van der Waals surface area contributed by atoms with Gasteiger partial charge in [-0.05, 0) is 73.6 Å². The van der Waals surface area contributed by atoms with Crippen LogP contribution in [-0.2, 0) is 17.6 Å². The fraction of sp³-hybridized carbons (Fsp3) is 0.273. The zero-order valence-electron chi connectivity index (χ0n) is 15.3. The Hall–Kier alpha value is -2.58. The van der Waals surface area contributed by atoms with Crippen LogP contribution in [0.5, 0.6) is 0 Å². The Morgan fingerprint density at radius 1 is 1.15 bits per heavy atom. The van der Waals surface area contributed by atoms with Gasteiger partial charge in [0, 0.05) is 22.4 Å². The monoisotopic (exact) mass is 423 g/mol. The number of anilines is 1. The minimum atomic E-state index is -0.426. The quantitative estimate of drug-likeness (QED) is 0.523. The number of hydrogen-bond acceptors (Lipinski definition) is 3. The molecule has 0 saturated carbocycles. The van der Waals surface area contributed by atoms with Crippen LogP contribution < -0.4 is 10.6 Å². The molecule has 1 atom stereocenters. The number of amides is 1. The first-order chi connectivity index (χ1) is 13.1. The van der Waals surface area contributed by atoms with E-state index in [1.54, 1.807) is 12.1 Å². The molecule has 4 nitrogen and oxygen atoms in total. The molecule has 0 bridgehead atoms. The van der Waals surface area contributed by atoms with Crippen molar-refractivity contribution in [1.29, 1.82) is 5.26 Å². The standard InChI is InChI=1S/C22H22BrN3O/c1-15(17-7-6-16-4-2-3-5-18(16)12-17)25-14-19(13-24)22(27)26-21-10-8-20(23)9-11-21/h6-12,14-15,25H,2-5H2,1H3,(H,26,27)/b19-14-. The highest BCUT2D eigenvalue weighted by Crippen LogP contribution is 2.25. The van der Waals surface area contributed by atoms with Crippen molar-refractivity contribution in [3.8, 4) is 6.07 Å². The number of nitrogens with one attached hydrogen (secondary N) is 2. The van der Waals surface area contributed by atoms with Crippen molar-refractivity contribution in [2.24, 2.45) is 0 Å². The fourth-order valence-corrected chi connectivity index (χ4v) is 3.47. The maximum Gasteiger partial charge on any atom is 0.267 e. The number of nitrogens with zero attached hydrogens (tertiary/aromatic N) is 1. The molecule has 138 valence electrons. The second kappa shape index (κ2) is 8.88. The molecule has 0 heterocycles. The maximum atomic E-state index is 12.3. The molecule has 1 aliphatic carbocycles. The van der Waals surface area contributed by atoms with Crippen molar-refractivity contribution in [2.45, 2.75) is 38.6 Å². The van der Waals surface area contributed by atoms with Gasteiger partial charge in [-0.3, -0.25) is 4.79 Å². The number of fused-ring (bicyclic) bond motifs is 1. The largest absolute Gasteiger partial charge is 0.383 e. The van der Waals surface area contributed by atoms with E-state index in [-0.39, 0.29) is 11.6 Å². The smallest absolute Gasteiger partial charge is 0.267 e. The molecule has 1 aliphatic rings. The number of hydrogen-bond donors (Lipinski definition) is 2. The molecule has 2 N–H and O–H groups in total. The summed E-state index contributed by atoms with van der Waals surface area (Å²) in [5, 5.41) is 15.2. The molecule has 0 aromatic heterocycles. The molecule has 0 radical (unpaired) electrons. The van der Waals surface area contributed by atoms with Gasteiger partial charge in [0.15, 0.2) is 0 Å². The van der Waals surface area contributed by atoms with Crippen LogP contribution in [0.4, 0.5) is 5.69 Å². The summed E-state index contributed by atoms with van der Waals surface area (Å²) in [5.41, 5.74) is 4.72. The van der Waals surface area contributed by atoms with Gasteiger partial charge in [0.25, 0.3) is 5.91 Å². The summed E-state index contributed by atoms with van der Waals surface area (Å²) in [6.07, 6.45) is 6.30. The number of aryl methyl sites for hydroxylation is 2. The highest BCUT2D eigenvalue weighted by atomic mass is 79.9. The van der Waals surface area contributed by atoms with Crippen LogP contribution in [0.25, 0.3) is 0 Å². The van der Waals surface area contributed by atoms with E-state index in [0.717, 1.165) is 22.9 Å². The molecule has 1 amide bonds. The Kier molecular flexibility index (Phi) is 6.31. The van der Waals surface area contributed by atoms with Crippen molar-refractivity contribution < 1.29 is 4.79 Å². The van der Waals surface area contributed by atoms with Gasteiger partial charge < -0.3 is 10.6 Å². The number of carbonyl (C=O) groups excluding carboxylic acids is 1. The van der Waals surface area contributed by atoms with E-state index in [1.807, 2.05) is 25.1 Å². The first-order valence-electron chi connectivity index (χ1n) is 9.12. The Bertz CT molecular complexity index is 897. The topological polar surface area (TPSA) is 64.9 Å². The lowest BCUT2D eigenvalue weighted by Gasteiger charge is -2.19. The molecule has 0 aliphatic heterocycles. The van der Waals surface area contributed by atoms with Gasteiger partial charge in [-0.1, -0.05) is 34.1 Å². The second-order valence-corrected chi connectivity index (χ2v) is 7.67. The number of rotatable bonds is 5. The Labute approximate surface area is 168 Å². The number of benzene rings is 2. The van der Waals surface area contributed by atoms with Gasteiger partial charge in [-0.25, -0.2) is 0 Å². The van der Waals surface area contributed by atoms with Gasteiger partial charge in [0.2, 0.25) is 0 Å². The maximum absolute atomic E-state index is 12.3. The molecular weight excluding hydrogens is 402 g/mol. The summed E-state index contributed by atoms with van der Waals surface area (Å²) in [6.45, 7) is 2.03. The van der Waals surface area contributed by atoms with Gasteiger partial charge >= 0.3 is 0 Å². The van der Waals surface area contributed by atoms with Crippen molar-refractivity contribution in [3.05, 3.63) is 75.4 Å². The van der Waals surface area contributed by atoms with Crippen LogP contribution in [-0.4, -0.2) is 5.91 Å². The minimum Gasteiger partial charge on any atom is -0.383 e. The number of nitriles is 1. The number of halogens is 1. The molecule has 0 spiro atoms. The van der Waals surface area contributed by atoms with Gasteiger partial charge in [-0.15, -0.1) is 0 Å². The second-order valence-electron chi connectivity index (χ2n) is 6.75. The first kappa shape index (κ1) is 19.2. The molecule has 3 rings (SSSR count). The molecule has 1 unspecified atom stereocenters. The van der Waals surface area contributed by atoms with E-state index in [2.05, 4.69) is 44.8 Å². The average Bonchev–Trinajstić information content (AvgIpc) is 2.69. The molecule has 2 aromatic rings. The van der Waals surface area contributed by atoms with Crippen LogP contribution >= 0.6 is 15.9 Å². The summed E-state index contributed by atoms with van der Waals surface area (Å²) >= 11 is 3.35. The Balaban J connectivity index is 1.66. The SMILES string of the molecule is CC(N/C=C(/C#N)C(=O)Nc1ccc(Br)cc1)c1ccc2c(c1)CCCC2. The lowest BCUT2D eigenvalue weighted by molar-refractivity contribution is -0.112. The van der Waals surface area contributed by atoms with Gasteiger partial charge in [-0.2, -0.15) is 5.26 Å². The van der Waals surface area contributed by atoms with E-state index in [1.165, 1.54) is 30.2 Å². The van der Waals surface area contributed by atoms with E-state index >= 15 is 0 Å². The highest BCUT2D eigenvalue weighted by Gasteiger charge is 2.13. The third-order valence-electron chi connectivity index (χ3n) is 4.82. The summed E-state index contributed by atoms with van der Waals surface area (Å²) in [5.74, 6) is -0.426. The van der Waals surface area contributed by atoms with Crippen LogP contribution in [0.15, 0.2) is 58.7 Å². The van der Waals surface area contributed by atoms with Crippen molar-refractivity contribution >= 4 is 27.5 Å². The normalized spacial score (nSPS) is 14.6. The molecule has 27 heavy (non-hydrogen) atoms. The predicted molar refractivity (Wildman–Crippen MR) is 111 cm³/mol. The molecule has 0 fully saturated rings. The van der Waals surface area contributed by atoms with Crippen molar-refractivity contribution in [2.75, 3.05) is 5.32 Å².